The second kappa shape index (κ2) is 11.1. The van der Waals surface area contributed by atoms with E-state index in [9.17, 15) is 13.2 Å². The lowest BCUT2D eigenvalue weighted by molar-refractivity contribution is -0.119. The Morgan fingerprint density at radius 1 is 1.15 bits per heavy atom. The number of amides is 1. The molecule has 0 spiro atoms. The predicted octanol–water partition coefficient (Wildman–Crippen LogP) is 2.77. The van der Waals surface area contributed by atoms with E-state index in [-0.39, 0.29) is 11.5 Å². The van der Waals surface area contributed by atoms with Crippen molar-refractivity contribution in [2.24, 2.45) is 5.14 Å². The molecular weight excluding hydrogens is 440 g/mol. The molecule has 9 heteroatoms. The number of hydrogen-bond donors (Lipinski definition) is 2. The zero-order valence-corrected chi connectivity index (χ0v) is 20.2. The lowest BCUT2D eigenvalue weighted by Crippen LogP contribution is -2.53. The first kappa shape index (κ1) is 25.2. The number of rotatable bonds is 10. The van der Waals surface area contributed by atoms with Crippen molar-refractivity contribution >= 4 is 27.5 Å². The van der Waals surface area contributed by atoms with E-state index in [1.165, 1.54) is 0 Å². The molecule has 1 heterocycles. The van der Waals surface area contributed by atoms with Gasteiger partial charge in [0, 0.05) is 44.5 Å². The first-order valence-corrected chi connectivity index (χ1v) is 12.8. The summed E-state index contributed by atoms with van der Waals surface area (Å²) in [6.07, 6.45) is 2.47. The van der Waals surface area contributed by atoms with Crippen LogP contribution in [0.1, 0.15) is 32.3 Å². The Kier molecular flexibility index (Phi) is 8.47. The number of nitrogens with zero attached hydrogens (tertiary/aromatic N) is 2. The smallest absolute Gasteiger partial charge is 0.296 e. The van der Waals surface area contributed by atoms with Crippen molar-refractivity contribution in [1.82, 2.24) is 4.90 Å². The summed E-state index contributed by atoms with van der Waals surface area (Å²) in [6, 6.07) is 17.0. The summed E-state index contributed by atoms with van der Waals surface area (Å²) < 4.78 is 31.1. The van der Waals surface area contributed by atoms with Gasteiger partial charge in [0.2, 0.25) is 5.91 Å². The Morgan fingerprint density at radius 3 is 2.45 bits per heavy atom. The second-order valence-electron chi connectivity index (χ2n) is 8.50. The minimum atomic E-state index is -3.79. The molecule has 1 fully saturated rings. The minimum absolute atomic E-state index is 0.00990. The first-order chi connectivity index (χ1) is 15.7. The molecule has 33 heavy (non-hydrogen) atoms. The van der Waals surface area contributed by atoms with E-state index in [0.717, 1.165) is 50.1 Å². The van der Waals surface area contributed by atoms with E-state index in [1.54, 1.807) is 13.0 Å². The van der Waals surface area contributed by atoms with Crippen LogP contribution in [0.5, 0.6) is 0 Å². The number of anilines is 2. The Balaban J connectivity index is 1.60. The molecule has 0 bridgehead atoms. The number of carbonyl (C=O) groups is 1. The molecule has 2 aromatic carbocycles. The number of piperidine rings is 1. The second-order valence-corrected chi connectivity index (χ2v) is 9.79. The summed E-state index contributed by atoms with van der Waals surface area (Å²) in [7, 11) is -3.79. The van der Waals surface area contributed by atoms with Gasteiger partial charge in [-0.15, -0.1) is 0 Å². The zero-order chi connectivity index (χ0) is 23.9. The van der Waals surface area contributed by atoms with Crippen molar-refractivity contribution < 1.29 is 17.9 Å². The van der Waals surface area contributed by atoms with Crippen LogP contribution >= 0.6 is 0 Å². The van der Waals surface area contributed by atoms with Gasteiger partial charge in [-0.25, -0.2) is 5.14 Å². The zero-order valence-electron chi connectivity index (χ0n) is 19.4. The van der Waals surface area contributed by atoms with E-state index in [0.29, 0.717) is 18.8 Å². The molecule has 0 aromatic heterocycles. The monoisotopic (exact) mass is 474 g/mol. The van der Waals surface area contributed by atoms with Gasteiger partial charge < -0.3 is 14.5 Å². The molecule has 2 aromatic rings. The number of para-hydroxylation sites is 1. The third-order valence-corrected chi connectivity index (χ3v) is 6.54. The summed E-state index contributed by atoms with van der Waals surface area (Å²) in [5, 5.41) is 5.07. The lowest BCUT2D eigenvalue weighted by atomic mass is 9.89. The molecule has 1 amide bonds. The molecule has 0 aliphatic carbocycles. The largest absolute Gasteiger partial charge is 0.373 e. The van der Waals surface area contributed by atoms with Crippen LogP contribution in [-0.4, -0.2) is 57.6 Å². The van der Waals surface area contributed by atoms with Gasteiger partial charge in [-0.1, -0.05) is 30.3 Å². The van der Waals surface area contributed by atoms with Crippen LogP contribution < -0.4 is 14.8 Å². The highest BCUT2D eigenvalue weighted by Crippen LogP contribution is 2.30. The summed E-state index contributed by atoms with van der Waals surface area (Å²) >= 11 is 0. The SMILES string of the molecule is CCOC1(CN(C(C)=O)c2ccccc2)CCN(CCc2cccc(NS(N)(=O)=O)c2)CC1. The molecule has 0 radical (unpaired) electrons. The maximum atomic E-state index is 12.4. The number of likely N-dealkylation sites (tertiary alicyclic amines) is 1. The highest BCUT2D eigenvalue weighted by Gasteiger charge is 2.38. The fourth-order valence-electron chi connectivity index (χ4n) is 4.36. The van der Waals surface area contributed by atoms with E-state index in [1.807, 2.05) is 60.4 Å². The van der Waals surface area contributed by atoms with Gasteiger partial charge in [0.25, 0.3) is 10.2 Å². The van der Waals surface area contributed by atoms with E-state index >= 15 is 0 Å². The molecule has 1 aliphatic rings. The average Bonchev–Trinajstić information content (AvgIpc) is 2.77. The summed E-state index contributed by atoms with van der Waals surface area (Å²) in [5.41, 5.74) is 2.03. The van der Waals surface area contributed by atoms with Crippen LogP contribution in [0.25, 0.3) is 0 Å². The minimum Gasteiger partial charge on any atom is -0.373 e. The Labute approximate surface area is 196 Å². The Bertz CT molecular complexity index is 1020. The van der Waals surface area contributed by atoms with Crippen molar-refractivity contribution in [1.29, 1.82) is 0 Å². The fourth-order valence-corrected chi connectivity index (χ4v) is 4.82. The van der Waals surface area contributed by atoms with Gasteiger partial charge in [-0.05, 0) is 56.0 Å². The molecule has 1 saturated heterocycles. The molecule has 1 aliphatic heterocycles. The predicted molar refractivity (Wildman–Crippen MR) is 131 cm³/mol. The average molecular weight is 475 g/mol. The molecule has 3 N–H and O–H groups in total. The van der Waals surface area contributed by atoms with Gasteiger partial charge in [0.05, 0.1) is 12.1 Å². The molecule has 0 atom stereocenters. The maximum absolute atomic E-state index is 12.4. The van der Waals surface area contributed by atoms with Gasteiger partial charge in [0.15, 0.2) is 0 Å². The maximum Gasteiger partial charge on any atom is 0.296 e. The first-order valence-electron chi connectivity index (χ1n) is 11.3. The number of nitrogens with one attached hydrogen (secondary N) is 1. The van der Waals surface area contributed by atoms with Crippen LogP contribution in [0.2, 0.25) is 0 Å². The van der Waals surface area contributed by atoms with Crippen LogP contribution in [-0.2, 0) is 26.2 Å². The van der Waals surface area contributed by atoms with Crippen LogP contribution in [0.4, 0.5) is 11.4 Å². The molecular formula is C24H34N4O4S. The summed E-state index contributed by atoms with van der Waals surface area (Å²) in [6.45, 7) is 7.33. The summed E-state index contributed by atoms with van der Waals surface area (Å²) in [4.78, 5) is 16.6. The third-order valence-electron chi connectivity index (χ3n) is 6.02. The van der Waals surface area contributed by atoms with E-state index in [2.05, 4.69) is 9.62 Å². The number of carbonyl (C=O) groups excluding carboxylic acids is 1. The summed E-state index contributed by atoms with van der Waals surface area (Å²) in [5.74, 6) is 0.00990. The molecule has 8 nitrogen and oxygen atoms in total. The topological polar surface area (TPSA) is 105 Å². The lowest BCUT2D eigenvalue weighted by Gasteiger charge is -2.44. The van der Waals surface area contributed by atoms with Crippen molar-refractivity contribution in [2.45, 2.75) is 38.7 Å². The van der Waals surface area contributed by atoms with E-state index < -0.39 is 10.2 Å². The Morgan fingerprint density at radius 2 is 1.85 bits per heavy atom. The number of benzene rings is 2. The standard InChI is InChI=1S/C24H34N4O4S/c1-3-32-24(19-28(20(2)29)23-10-5-4-6-11-23)13-16-27(17-14-24)15-12-21-8-7-9-22(18-21)26-33(25,30)31/h4-11,18,26H,3,12-17,19H2,1-2H3,(H2,25,30,31). The quantitative estimate of drug-likeness (QED) is 0.551. The molecule has 180 valence electrons. The number of nitrogens with two attached hydrogens (primary N) is 1. The van der Waals surface area contributed by atoms with Gasteiger partial charge >= 0.3 is 0 Å². The highest BCUT2D eigenvalue weighted by atomic mass is 32.2. The van der Waals surface area contributed by atoms with Crippen LogP contribution in [0.15, 0.2) is 54.6 Å². The normalized spacial score (nSPS) is 16.3. The van der Waals surface area contributed by atoms with E-state index in [4.69, 9.17) is 9.88 Å². The molecule has 3 rings (SSSR count). The Hall–Kier alpha value is -2.46. The van der Waals surface area contributed by atoms with Crippen LogP contribution in [0.3, 0.4) is 0 Å². The third kappa shape index (κ3) is 7.53. The number of hydrogen-bond acceptors (Lipinski definition) is 5. The van der Waals surface area contributed by atoms with Gasteiger partial charge in [-0.3, -0.25) is 9.52 Å². The van der Waals surface area contributed by atoms with Crippen molar-refractivity contribution in [2.75, 3.05) is 42.4 Å². The fraction of sp³-hybridized carbons (Fsp3) is 0.458. The van der Waals surface area contributed by atoms with Crippen molar-refractivity contribution in [3.05, 3.63) is 60.2 Å². The number of ether oxygens (including phenoxy) is 1. The molecule has 0 unspecified atom stereocenters. The van der Waals surface area contributed by atoms with Gasteiger partial charge in [-0.2, -0.15) is 8.42 Å². The molecule has 0 saturated carbocycles. The van der Waals surface area contributed by atoms with Gasteiger partial charge in [0.1, 0.15) is 0 Å². The van der Waals surface area contributed by atoms with Crippen molar-refractivity contribution in [3.8, 4) is 0 Å². The highest BCUT2D eigenvalue weighted by molar-refractivity contribution is 7.90. The van der Waals surface area contributed by atoms with Crippen LogP contribution in [0, 0.1) is 0 Å². The van der Waals surface area contributed by atoms with Crippen molar-refractivity contribution in [3.63, 3.8) is 0 Å².